The summed E-state index contributed by atoms with van der Waals surface area (Å²) in [7, 11) is 0. The van der Waals surface area contributed by atoms with E-state index in [1.807, 2.05) is 0 Å². The molecule has 1 amide bonds. The molecule has 0 aromatic heterocycles. The fourth-order valence-electron chi connectivity index (χ4n) is 3.90. The maximum absolute atomic E-state index is 14.8. The van der Waals surface area contributed by atoms with Gasteiger partial charge in [0.1, 0.15) is 11.5 Å². The molecule has 1 aromatic carbocycles. The molecule has 0 spiro atoms. The second kappa shape index (κ2) is 10.1. The van der Waals surface area contributed by atoms with Crippen molar-refractivity contribution in [3.05, 3.63) is 57.0 Å². The molecule has 16 heteroatoms. The van der Waals surface area contributed by atoms with Crippen molar-refractivity contribution in [3.8, 4) is 0 Å². The highest BCUT2D eigenvalue weighted by molar-refractivity contribution is 6.30. The number of quaternary nitrogens is 1. The van der Waals surface area contributed by atoms with Gasteiger partial charge in [-0.15, -0.1) is 0 Å². The Morgan fingerprint density at radius 3 is 2.32 bits per heavy atom. The Balaban J connectivity index is 1.95. The maximum Gasteiger partial charge on any atom is 0.435 e. The number of hydrogen-bond acceptors (Lipinski definition) is 4. The standard InChI is InChI=1S/C22H19ClF9N3O3/c1-9(10(2)18(36)33-12-6-19(25,26)7-12)3-15(34-37)16-8-20(38-35-16,22(30,31)32)13-4-11(23)5-14(17(13)24)21(27,28)29/h3-5,12,34,37H,6-8H2,1-2H3,(H,33,36)/p+1/b10-9+,15-3-/t20-/m0/s1. The quantitative estimate of drug-likeness (QED) is 0.189. The average molecular weight is 581 g/mol. The van der Waals surface area contributed by atoms with Crippen molar-refractivity contribution in [1.82, 2.24) is 5.32 Å². The predicted molar refractivity (Wildman–Crippen MR) is 114 cm³/mol. The summed E-state index contributed by atoms with van der Waals surface area (Å²) in [6, 6.07) is -0.309. The lowest BCUT2D eigenvalue weighted by molar-refractivity contribution is -0.846. The molecule has 1 fully saturated rings. The molecule has 1 aliphatic carbocycles. The number of carbonyl (C=O) groups excluding carboxylic acids is 1. The highest BCUT2D eigenvalue weighted by atomic mass is 35.5. The average Bonchev–Trinajstić information content (AvgIpc) is 3.22. The molecular formula is C22H20ClF9N3O3+. The minimum atomic E-state index is -5.50. The van der Waals surface area contributed by atoms with Gasteiger partial charge in [0.2, 0.25) is 5.91 Å². The van der Waals surface area contributed by atoms with Crippen molar-refractivity contribution in [3.63, 3.8) is 0 Å². The van der Waals surface area contributed by atoms with E-state index in [4.69, 9.17) is 11.6 Å². The van der Waals surface area contributed by atoms with Gasteiger partial charge in [0.05, 0.1) is 12.0 Å². The SMILES string of the molecule is CC(/C=C(\[NH2+]O)C1=NO[C@@](c2cc(Cl)cc(C(F)(F)F)c2F)(C(F)(F)F)C1)=C(/C)C(=O)NC1CC(F)(F)C1. The minimum absolute atomic E-state index is 0.0307. The van der Waals surface area contributed by atoms with Crippen LogP contribution in [0.4, 0.5) is 39.5 Å². The molecule has 6 nitrogen and oxygen atoms in total. The molecule has 1 saturated carbocycles. The van der Waals surface area contributed by atoms with E-state index in [-0.39, 0.29) is 17.2 Å². The second-order valence-corrected chi connectivity index (χ2v) is 9.35. The van der Waals surface area contributed by atoms with Gasteiger partial charge in [-0.25, -0.2) is 18.4 Å². The van der Waals surface area contributed by atoms with Crippen LogP contribution in [0.1, 0.15) is 44.2 Å². The number of hydrogen-bond donors (Lipinski definition) is 3. The van der Waals surface area contributed by atoms with Crippen LogP contribution in [0.5, 0.6) is 0 Å². The van der Waals surface area contributed by atoms with E-state index in [0.29, 0.717) is 11.5 Å². The molecule has 0 saturated heterocycles. The smallest absolute Gasteiger partial charge is 0.374 e. The van der Waals surface area contributed by atoms with E-state index in [0.717, 1.165) is 6.08 Å². The third kappa shape index (κ3) is 5.78. The van der Waals surface area contributed by atoms with Gasteiger partial charge in [0.15, 0.2) is 5.70 Å². The van der Waals surface area contributed by atoms with E-state index < -0.39 is 88.5 Å². The molecule has 1 aliphatic heterocycles. The zero-order valence-corrected chi connectivity index (χ0v) is 20.3. The third-order valence-electron chi connectivity index (χ3n) is 6.17. The van der Waals surface area contributed by atoms with Gasteiger partial charge in [-0.3, -0.25) is 4.79 Å². The molecule has 0 unspecified atom stereocenters. The summed E-state index contributed by atoms with van der Waals surface area (Å²) < 4.78 is 123. The Bertz CT molecular complexity index is 1220. The summed E-state index contributed by atoms with van der Waals surface area (Å²) in [6.07, 6.45) is -12.3. The summed E-state index contributed by atoms with van der Waals surface area (Å²) in [6.45, 7) is 2.62. The lowest BCUT2D eigenvalue weighted by Gasteiger charge is -2.35. The van der Waals surface area contributed by atoms with E-state index in [1.54, 1.807) is 0 Å². The molecule has 1 aromatic rings. The lowest BCUT2D eigenvalue weighted by atomic mass is 9.85. The van der Waals surface area contributed by atoms with E-state index in [9.17, 15) is 49.5 Å². The summed E-state index contributed by atoms with van der Waals surface area (Å²) in [5, 5.41) is 14.4. The summed E-state index contributed by atoms with van der Waals surface area (Å²) in [4.78, 5) is 16.9. The normalized spacial score (nSPS) is 22.9. The van der Waals surface area contributed by atoms with E-state index in [2.05, 4.69) is 15.3 Å². The van der Waals surface area contributed by atoms with Crippen molar-refractivity contribution >= 4 is 23.2 Å². The van der Waals surface area contributed by atoms with E-state index in [1.165, 1.54) is 13.8 Å². The number of allylic oxidation sites excluding steroid dienone is 3. The van der Waals surface area contributed by atoms with Crippen molar-refractivity contribution in [2.45, 2.75) is 63.0 Å². The number of rotatable bonds is 6. The van der Waals surface area contributed by atoms with Crippen LogP contribution in [-0.2, 0) is 21.4 Å². The Morgan fingerprint density at radius 2 is 1.82 bits per heavy atom. The lowest BCUT2D eigenvalue weighted by Crippen LogP contribution is -2.80. The number of benzene rings is 1. The molecule has 1 atom stereocenters. The number of nitrogens with zero attached hydrogens (tertiary/aromatic N) is 1. The molecule has 1 heterocycles. The van der Waals surface area contributed by atoms with Crippen molar-refractivity contribution in [1.29, 1.82) is 0 Å². The number of nitrogens with one attached hydrogen (secondary N) is 1. The number of hydroxylamine groups is 1. The fourth-order valence-corrected chi connectivity index (χ4v) is 4.12. The van der Waals surface area contributed by atoms with Crippen molar-refractivity contribution in [2.24, 2.45) is 5.16 Å². The first kappa shape index (κ1) is 29.8. The molecule has 210 valence electrons. The summed E-state index contributed by atoms with van der Waals surface area (Å²) in [5.74, 6) is -5.90. The zero-order valence-electron chi connectivity index (χ0n) is 19.5. The van der Waals surface area contributed by atoms with Crippen LogP contribution >= 0.6 is 11.6 Å². The van der Waals surface area contributed by atoms with Crippen LogP contribution in [-0.4, -0.2) is 35.0 Å². The molecule has 0 bridgehead atoms. The highest BCUT2D eigenvalue weighted by Gasteiger charge is 2.64. The number of halogens is 10. The van der Waals surface area contributed by atoms with Gasteiger partial charge in [-0.1, -0.05) is 16.8 Å². The Labute approximate surface area is 214 Å². The van der Waals surface area contributed by atoms with Crippen LogP contribution in [0.25, 0.3) is 0 Å². The number of nitrogens with two attached hydrogens (primary N) is 1. The van der Waals surface area contributed by atoms with E-state index >= 15 is 0 Å². The molecule has 0 radical (unpaired) electrons. The summed E-state index contributed by atoms with van der Waals surface area (Å²) >= 11 is 5.57. The van der Waals surface area contributed by atoms with Gasteiger partial charge in [0.25, 0.3) is 11.5 Å². The van der Waals surface area contributed by atoms with Crippen LogP contribution in [0.3, 0.4) is 0 Å². The summed E-state index contributed by atoms with van der Waals surface area (Å²) in [5.41, 5.74) is -8.05. The van der Waals surface area contributed by atoms with Crippen molar-refractivity contribution < 1.29 is 59.8 Å². The molecule has 38 heavy (non-hydrogen) atoms. The monoisotopic (exact) mass is 580 g/mol. The highest BCUT2D eigenvalue weighted by Crippen LogP contribution is 2.51. The Morgan fingerprint density at radius 1 is 1.21 bits per heavy atom. The third-order valence-corrected chi connectivity index (χ3v) is 6.38. The zero-order chi connectivity index (χ0) is 28.8. The first-order chi connectivity index (χ1) is 17.3. The van der Waals surface area contributed by atoms with Crippen LogP contribution < -0.4 is 10.8 Å². The molecule has 4 N–H and O–H groups in total. The molecular weight excluding hydrogens is 561 g/mol. The number of alkyl halides is 8. The van der Waals surface area contributed by atoms with Gasteiger partial charge in [0, 0.05) is 41.1 Å². The van der Waals surface area contributed by atoms with Gasteiger partial charge < -0.3 is 10.2 Å². The van der Waals surface area contributed by atoms with Gasteiger partial charge in [-0.05, 0) is 31.6 Å². The maximum atomic E-state index is 14.8. The number of oxime groups is 1. The van der Waals surface area contributed by atoms with Gasteiger partial charge >= 0.3 is 12.4 Å². The number of carbonyl (C=O) groups is 1. The van der Waals surface area contributed by atoms with Crippen LogP contribution in [0.15, 0.2) is 40.2 Å². The molecule has 2 aliphatic rings. The van der Waals surface area contributed by atoms with Crippen LogP contribution in [0.2, 0.25) is 5.02 Å². The first-order valence-corrected chi connectivity index (χ1v) is 11.1. The van der Waals surface area contributed by atoms with Crippen molar-refractivity contribution in [2.75, 3.05) is 0 Å². The first-order valence-electron chi connectivity index (χ1n) is 10.8. The minimum Gasteiger partial charge on any atom is -0.374 e. The topological polar surface area (TPSA) is 87.5 Å². The largest absolute Gasteiger partial charge is 0.435 e. The molecule has 3 rings (SSSR count). The predicted octanol–water partition coefficient (Wildman–Crippen LogP) is 5.12. The van der Waals surface area contributed by atoms with Crippen LogP contribution in [0, 0.1) is 5.82 Å². The Hall–Kier alpha value is -2.78. The van der Waals surface area contributed by atoms with Gasteiger partial charge in [-0.2, -0.15) is 31.8 Å². The fraction of sp³-hybridized carbons (Fsp3) is 0.455. The second-order valence-electron chi connectivity index (χ2n) is 8.91. The number of amides is 1. The Kier molecular flexibility index (Phi) is 7.89.